The van der Waals surface area contributed by atoms with Crippen LogP contribution in [0.4, 0.5) is 0 Å². The normalized spacial score (nSPS) is 14.0. The summed E-state index contributed by atoms with van der Waals surface area (Å²) in [4.78, 5) is 4.38. The van der Waals surface area contributed by atoms with Crippen molar-refractivity contribution < 1.29 is 4.74 Å². The van der Waals surface area contributed by atoms with Crippen LogP contribution in [0.25, 0.3) is 0 Å². The van der Waals surface area contributed by atoms with Crippen LogP contribution in [0.15, 0.2) is 35.3 Å². The number of hydrogen-bond acceptors (Lipinski definition) is 2. The molecule has 1 aromatic rings. The summed E-state index contributed by atoms with van der Waals surface area (Å²) in [5.41, 5.74) is 1.10. The molecule has 0 saturated heterocycles. The van der Waals surface area contributed by atoms with Crippen LogP contribution in [0.1, 0.15) is 19.4 Å². The summed E-state index contributed by atoms with van der Waals surface area (Å²) >= 11 is 2.95. The van der Waals surface area contributed by atoms with Crippen molar-refractivity contribution in [2.24, 2.45) is 4.99 Å². The second-order valence-corrected chi connectivity index (χ2v) is 3.67. The van der Waals surface area contributed by atoms with E-state index in [1.54, 1.807) is 0 Å². The third kappa shape index (κ3) is 3.62. The summed E-state index contributed by atoms with van der Waals surface area (Å²) in [5.74, 6) is 0. The zero-order valence-corrected chi connectivity index (χ0v) is 10.1. The number of aliphatic imine (C=N–C) groups is 1. The van der Waals surface area contributed by atoms with E-state index in [4.69, 9.17) is 4.74 Å². The van der Waals surface area contributed by atoms with Crippen molar-refractivity contribution in [2.45, 2.75) is 20.1 Å². The van der Waals surface area contributed by atoms with Gasteiger partial charge in [-0.15, -0.1) is 0 Å². The van der Waals surface area contributed by atoms with Gasteiger partial charge in [0.25, 0.3) is 0 Å². The maximum atomic E-state index is 5.33. The monoisotopic (exact) mass is 256 g/mol. The summed E-state index contributed by atoms with van der Waals surface area (Å²) < 4.78 is 6.22. The molecule has 1 aromatic carbocycles. The van der Waals surface area contributed by atoms with Gasteiger partial charge in [0.05, 0.1) is 0 Å². The van der Waals surface area contributed by atoms with Gasteiger partial charge in [-0.1, -0.05) is 0 Å². The minimum atomic E-state index is -0.0866. The molecular formula is C11H14NOSe. The summed E-state index contributed by atoms with van der Waals surface area (Å²) in [6, 6.07) is 10.0. The fraction of sp³-hybridized carbons (Fsp3) is 0.364. The van der Waals surface area contributed by atoms with E-state index in [-0.39, 0.29) is 6.23 Å². The van der Waals surface area contributed by atoms with Crippen LogP contribution >= 0.6 is 0 Å². The molecule has 1 rings (SSSR count). The quantitative estimate of drug-likeness (QED) is 0.595. The van der Waals surface area contributed by atoms with Gasteiger partial charge in [0.15, 0.2) is 0 Å². The molecule has 0 fully saturated rings. The van der Waals surface area contributed by atoms with Crippen molar-refractivity contribution >= 4 is 20.6 Å². The molecule has 0 saturated carbocycles. The zero-order valence-electron chi connectivity index (χ0n) is 8.43. The molecule has 75 valence electrons. The van der Waals surface area contributed by atoms with Crippen molar-refractivity contribution in [3.05, 3.63) is 35.9 Å². The van der Waals surface area contributed by atoms with Gasteiger partial charge in [-0.25, -0.2) is 0 Å². The molecule has 0 aliphatic heterocycles. The van der Waals surface area contributed by atoms with E-state index in [1.807, 2.05) is 44.2 Å². The fourth-order valence-corrected chi connectivity index (χ4v) is 1.70. The van der Waals surface area contributed by atoms with Crippen LogP contribution in [-0.4, -0.2) is 33.5 Å². The van der Waals surface area contributed by atoms with Crippen molar-refractivity contribution in [3.63, 3.8) is 0 Å². The van der Waals surface area contributed by atoms with Crippen LogP contribution in [0.2, 0.25) is 0 Å². The standard InChI is InChI=1S/C11H14NOSe/c1-3-13-9(2)12-11(14)10-7-5-4-6-8-10/h4-9H,3H2,1-2H3/b12-11-. The van der Waals surface area contributed by atoms with Crippen LogP contribution in [0.5, 0.6) is 0 Å². The van der Waals surface area contributed by atoms with Crippen molar-refractivity contribution in [1.82, 2.24) is 0 Å². The van der Waals surface area contributed by atoms with E-state index in [9.17, 15) is 0 Å². The Hall–Kier alpha value is -0.631. The number of ether oxygens (including phenoxy) is 1. The van der Waals surface area contributed by atoms with Gasteiger partial charge in [-0.3, -0.25) is 0 Å². The van der Waals surface area contributed by atoms with Gasteiger partial charge in [0.2, 0.25) is 0 Å². The SMILES string of the molecule is CCOC(C)/N=C(\[Se])c1ccccc1. The van der Waals surface area contributed by atoms with Crippen LogP contribution in [-0.2, 0) is 4.74 Å². The molecule has 0 spiro atoms. The Morgan fingerprint density at radius 3 is 2.64 bits per heavy atom. The molecule has 0 heterocycles. The molecule has 1 unspecified atom stereocenters. The Morgan fingerprint density at radius 2 is 2.07 bits per heavy atom. The molecule has 1 atom stereocenters. The zero-order chi connectivity index (χ0) is 10.4. The van der Waals surface area contributed by atoms with Crippen LogP contribution in [0.3, 0.4) is 0 Å². The van der Waals surface area contributed by atoms with E-state index in [1.165, 1.54) is 0 Å². The van der Waals surface area contributed by atoms with E-state index in [0.717, 1.165) is 10.2 Å². The van der Waals surface area contributed by atoms with Crippen LogP contribution < -0.4 is 0 Å². The number of nitrogens with zero attached hydrogens (tertiary/aromatic N) is 1. The summed E-state index contributed by atoms with van der Waals surface area (Å²) in [5, 5.41) is 0. The molecule has 0 aliphatic carbocycles. The first-order valence-electron chi connectivity index (χ1n) is 4.66. The average Bonchev–Trinajstić information content (AvgIpc) is 2.19. The third-order valence-electron chi connectivity index (χ3n) is 1.73. The number of rotatable bonds is 4. The second-order valence-electron chi connectivity index (χ2n) is 2.85. The Morgan fingerprint density at radius 1 is 1.43 bits per heavy atom. The van der Waals surface area contributed by atoms with Crippen molar-refractivity contribution in [1.29, 1.82) is 0 Å². The topological polar surface area (TPSA) is 21.6 Å². The van der Waals surface area contributed by atoms with E-state index in [0.29, 0.717) is 6.61 Å². The molecule has 0 amide bonds. The third-order valence-corrected chi connectivity index (χ3v) is 2.44. The summed E-state index contributed by atoms with van der Waals surface area (Å²) in [7, 11) is 0. The average molecular weight is 255 g/mol. The van der Waals surface area contributed by atoms with Crippen molar-refractivity contribution in [3.8, 4) is 0 Å². The number of hydrogen-bond donors (Lipinski definition) is 0. The van der Waals surface area contributed by atoms with Gasteiger partial charge < -0.3 is 0 Å². The molecular weight excluding hydrogens is 241 g/mol. The summed E-state index contributed by atoms with van der Waals surface area (Å²) in [6.07, 6.45) is -0.0866. The predicted octanol–water partition coefficient (Wildman–Crippen LogP) is 1.98. The molecule has 1 radical (unpaired) electrons. The first-order valence-corrected chi connectivity index (χ1v) is 5.51. The Balaban J connectivity index is 2.69. The van der Waals surface area contributed by atoms with Gasteiger partial charge in [-0.2, -0.15) is 0 Å². The predicted molar refractivity (Wildman–Crippen MR) is 59.8 cm³/mol. The first-order chi connectivity index (χ1) is 6.74. The Kier molecular flexibility index (Phi) is 4.88. The van der Waals surface area contributed by atoms with Crippen molar-refractivity contribution in [2.75, 3.05) is 6.61 Å². The fourth-order valence-electron chi connectivity index (χ4n) is 1.10. The van der Waals surface area contributed by atoms with E-state index >= 15 is 0 Å². The molecule has 3 heteroatoms. The molecule has 0 aliphatic rings. The molecule has 2 nitrogen and oxygen atoms in total. The van der Waals surface area contributed by atoms with Gasteiger partial charge in [0.1, 0.15) is 0 Å². The summed E-state index contributed by atoms with van der Waals surface area (Å²) in [6.45, 7) is 4.59. The molecule has 14 heavy (non-hydrogen) atoms. The molecule has 0 N–H and O–H groups in total. The second kappa shape index (κ2) is 5.97. The number of benzene rings is 1. The van der Waals surface area contributed by atoms with Crippen LogP contribution in [0, 0.1) is 0 Å². The molecule has 0 aromatic heterocycles. The first kappa shape index (κ1) is 11.4. The minimum absolute atomic E-state index is 0.0866. The maximum absolute atomic E-state index is 5.33. The Labute approximate surface area is 93.2 Å². The van der Waals surface area contributed by atoms with Gasteiger partial charge in [0, 0.05) is 0 Å². The van der Waals surface area contributed by atoms with E-state index in [2.05, 4.69) is 21.0 Å². The van der Waals surface area contributed by atoms with Gasteiger partial charge in [-0.05, 0) is 0 Å². The molecule has 0 bridgehead atoms. The van der Waals surface area contributed by atoms with Gasteiger partial charge >= 0.3 is 92.9 Å². The van der Waals surface area contributed by atoms with E-state index < -0.39 is 0 Å². The Bertz CT molecular complexity index is 297.